The van der Waals surface area contributed by atoms with Gasteiger partial charge in [0.2, 0.25) is 5.91 Å². The van der Waals surface area contributed by atoms with Crippen molar-refractivity contribution >= 4 is 40.1 Å². The van der Waals surface area contributed by atoms with Crippen LogP contribution in [0.3, 0.4) is 0 Å². The Morgan fingerprint density at radius 1 is 1.00 bits per heavy atom. The summed E-state index contributed by atoms with van der Waals surface area (Å²) in [6.07, 6.45) is 0. The molecule has 0 aliphatic carbocycles. The molecule has 202 valence electrons. The smallest absolute Gasteiger partial charge is 0.255 e. The Bertz CT molecular complexity index is 1420. The van der Waals surface area contributed by atoms with Crippen LogP contribution in [0, 0.1) is 6.92 Å². The molecule has 3 N–H and O–H groups in total. The van der Waals surface area contributed by atoms with E-state index in [2.05, 4.69) is 29.8 Å². The first-order chi connectivity index (χ1) is 18.8. The number of anilines is 2. The van der Waals surface area contributed by atoms with E-state index in [1.807, 2.05) is 86.6 Å². The zero-order valence-corrected chi connectivity index (χ0v) is 23.7. The molecule has 0 radical (unpaired) electrons. The molecule has 0 saturated heterocycles. The Morgan fingerprint density at radius 3 is 2.44 bits per heavy atom. The summed E-state index contributed by atoms with van der Waals surface area (Å²) < 4.78 is 5.54. The summed E-state index contributed by atoms with van der Waals surface area (Å²) in [7, 11) is 1.62. The van der Waals surface area contributed by atoms with Crippen molar-refractivity contribution in [1.29, 1.82) is 0 Å². The van der Waals surface area contributed by atoms with Gasteiger partial charge in [-0.15, -0.1) is 0 Å². The van der Waals surface area contributed by atoms with Crippen LogP contribution in [0.5, 0.6) is 5.75 Å². The van der Waals surface area contributed by atoms with E-state index in [0.29, 0.717) is 28.0 Å². The van der Waals surface area contributed by atoms with Crippen molar-refractivity contribution in [2.75, 3.05) is 23.5 Å². The van der Waals surface area contributed by atoms with Crippen molar-refractivity contribution in [3.05, 3.63) is 101 Å². The Morgan fingerprint density at radius 2 is 1.72 bits per heavy atom. The van der Waals surface area contributed by atoms with Crippen molar-refractivity contribution in [3.63, 3.8) is 0 Å². The fourth-order valence-corrected chi connectivity index (χ4v) is 5.16. The lowest BCUT2D eigenvalue weighted by Gasteiger charge is -2.27. The van der Waals surface area contributed by atoms with Crippen LogP contribution in [-0.2, 0) is 9.59 Å². The number of carbonyl (C=O) groups is 2. The molecule has 2 amide bonds. The summed E-state index contributed by atoms with van der Waals surface area (Å²) in [5.74, 6) is 0.811. The second kappa shape index (κ2) is 12.7. The lowest BCUT2D eigenvalue weighted by Crippen LogP contribution is -2.32. The van der Waals surface area contributed by atoms with Crippen molar-refractivity contribution in [3.8, 4) is 5.75 Å². The lowest BCUT2D eigenvalue weighted by molar-refractivity contribution is -0.114. The van der Waals surface area contributed by atoms with E-state index in [9.17, 15) is 9.59 Å². The average Bonchev–Trinajstić information content (AvgIpc) is 2.92. The maximum atomic E-state index is 13.5. The molecule has 0 unspecified atom stereocenters. The Balaban J connectivity index is 1.57. The highest BCUT2D eigenvalue weighted by atomic mass is 32.2. The molecule has 0 saturated carbocycles. The number of benzene rings is 3. The topological polar surface area (TPSA) is 91.8 Å². The van der Waals surface area contributed by atoms with E-state index in [-0.39, 0.29) is 17.6 Å². The quantitative estimate of drug-likeness (QED) is 0.306. The van der Waals surface area contributed by atoms with Gasteiger partial charge < -0.3 is 20.7 Å². The summed E-state index contributed by atoms with van der Waals surface area (Å²) >= 11 is 1.30. The molecule has 0 spiro atoms. The molecule has 4 rings (SSSR count). The van der Waals surface area contributed by atoms with Crippen LogP contribution in [0.2, 0.25) is 0 Å². The van der Waals surface area contributed by atoms with Gasteiger partial charge in [0.1, 0.15) is 11.8 Å². The van der Waals surface area contributed by atoms with Crippen molar-refractivity contribution in [2.24, 2.45) is 4.99 Å². The largest absolute Gasteiger partial charge is 0.496 e. The lowest BCUT2D eigenvalue weighted by atomic mass is 9.94. The van der Waals surface area contributed by atoms with E-state index in [0.717, 1.165) is 28.1 Å². The fraction of sp³-hybridized carbons (Fsp3) is 0.258. The van der Waals surface area contributed by atoms with Gasteiger partial charge in [-0.1, -0.05) is 74.1 Å². The zero-order chi connectivity index (χ0) is 27.9. The summed E-state index contributed by atoms with van der Waals surface area (Å²) in [5, 5.41) is 9.82. The molecule has 1 aliphatic heterocycles. The molecular weight excluding hydrogens is 508 g/mol. The van der Waals surface area contributed by atoms with Crippen LogP contribution in [0.4, 0.5) is 11.4 Å². The van der Waals surface area contributed by atoms with Crippen molar-refractivity contribution in [2.45, 2.75) is 39.7 Å². The average molecular weight is 543 g/mol. The molecule has 1 heterocycles. The first-order valence-electron chi connectivity index (χ1n) is 12.8. The standard InChI is InChI=1S/C31H34N4O3S/c1-19(2)24-13-9-10-14-25(24)34-27(36)18-39-31-32-21(4)28(30(37)33-23-11-7-6-8-12-23)29(35-31)22-16-15-20(3)26(17-22)38-5/h6-17,19,29H,18H2,1-5H3,(H,32,35)(H,33,37)(H,34,36)/t29-/m1/s1. The maximum Gasteiger partial charge on any atom is 0.255 e. The van der Waals surface area contributed by atoms with Gasteiger partial charge in [-0.05, 0) is 60.7 Å². The first kappa shape index (κ1) is 28.0. The van der Waals surface area contributed by atoms with Crippen LogP contribution in [-0.4, -0.2) is 29.8 Å². The number of amides is 2. The van der Waals surface area contributed by atoms with Gasteiger partial charge in [-0.3, -0.25) is 9.59 Å². The molecule has 39 heavy (non-hydrogen) atoms. The number of hydrogen-bond donors (Lipinski definition) is 3. The molecule has 3 aromatic carbocycles. The van der Waals surface area contributed by atoms with E-state index in [4.69, 9.17) is 9.73 Å². The number of rotatable bonds is 8. The number of carbonyl (C=O) groups excluding carboxylic acids is 2. The number of para-hydroxylation sites is 2. The number of nitrogens with one attached hydrogen (secondary N) is 3. The minimum absolute atomic E-state index is 0.125. The Labute approximate surface area is 234 Å². The number of ether oxygens (including phenoxy) is 1. The van der Waals surface area contributed by atoms with Crippen molar-refractivity contribution < 1.29 is 14.3 Å². The Kier molecular flexibility index (Phi) is 9.09. The van der Waals surface area contributed by atoms with Crippen LogP contribution in [0.25, 0.3) is 0 Å². The van der Waals surface area contributed by atoms with Crippen LogP contribution >= 0.6 is 11.8 Å². The normalized spacial score (nSPS) is 14.9. The van der Waals surface area contributed by atoms with Gasteiger partial charge in [0, 0.05) is 17.1 Å². The molecule has 1 aliphatic rings. The van der Waals surface area contributed by atoms with Gasteiger partial charge in [-0.25, -0.2) is 4.99 Å². The highest BCUT2D eigenvalue weighted by Gasteiger charge is 2.30. The summed E-state index contributed by atoms with van der Waals surface area (Å²) in [6, 6.07) is 22.4. The van der Waals surface area contributed by atoms with Crippen LogP contribution < -0.4 is 20.7 Å². The van der Waals surface area contributed by atoms with Crippen LogP contribution in [0.15, 0.2) is 89.1 Å². The predicted molar refractivity (Wildman–Crippen MR) is 160 cm³/mol. The SMILES string of the molecule is COc1cc([C@H]2N=C(SCC(=O)Nc3ccccc3C(C)C)NC(C)=C2C(=O)Nc2ccccc2)ccc1C. The number of aryl methyl sites for hydroxylation is 1. The molecule has 0 aromatic heterocycles. The Hall–Kier alpha value is -4.04. The number of thioether (sulfide) groups is 1. The van der Waals surface area contributed by atoms with Gasteiger partial charge in [0.15, 0.2) is 5.17 Å². The summed E-state index contributed by atoms with van der Waals surface area (Å²) in [4.78, 5) is 31.2. The third kappa shape index (κ3) is 6.89. The third-order valence-corrected chi connectivity index (χ3v) is 7.33. The maximum absolute atomic E-state index is 13.5. The molecule has 8 heteroatoms. The number of methoxy groups -OCH3 is 1. The van der Waals surface area contributed by atoms with E-state index < -0.39 is 6.04 Å². The predicted octanol–water partition coefficient (Wildman–Crippen LogP) is 6.41. The molecular formula is C31H34N4O3S. The molecule has 7 nitrogen and oxygen atoms in total. The van der Waals surface area contributed by atoms with Gasteiger partial charge >= 0.3 is 0 Å². The second-order valence-electron chi connectivity index (χ2n) is 9.63. The molecule has 3 aromatic rings. The first-order valence-corrected chi connectivity index (χ1v) is 13.8. The summed E-state index contributed by atoms with van der Waals surface area (Å²) in [6.45, 7) is 8.02. The van der Waals surface area contributed by atoms with E-state index >= 15 is 0 Å². The molecule has 0 fully saturated rings. The molecule has 0 bridgehead atoms. The van der Waals surface area contributed by atoms with E-state index in [1.165, 1.54) is 11.8 Å². The number of amidine groups is 1. The van der Waals surface area contributed by atoms with Gasteiger partial charge in [0.05, 0.1) is 18.4 Å². The second-order valence-corrected chi connectivity index (χ2v) is 10.6. The fourth-order valence-electron chi connectivity index (χ4n) is 4.42. The minimum Gasteiger partial charge on any atom is -0.496 e. The number of hydrogen-bond acceptors (Lipinski definition) is 6. The van der Waals surface area contributed by atoms with Gasteiger partial charge in [0.25, 0.3) is 5.91 Å². The third-order valence-electron chi connectivity index (χ3n) is 6.44. The highest BCUT2D eigenvalue weighted by molar-refractivity contribution is 8.14. The summed E-state index contributed by atoms with van der Waals surface area (Å²) in [5.41, 5.74) is 5.60. The highest BCUT2D eigenvalue weighted by Crippen LogP contribution is 2.35. The zero-order valence-electron chi connectivity index (χ0n) is 22.9. The number of aliphatic imine (C=N–C) groups is 1. The van der Waals surface area contributed by atoms with E-state index in [1.54, 1.807) is 7.11 Å². The van der Waals surface area contributed by atoms with Crippen LogP contribution in [0.1, 0.15) is 49.4 Å². The molecule has 1 atom stereocenters. The number of allylic oxidation sites excluding steroid dienone is 1. The van der Waals surface area contributed by atoms with Gasteiger partial charge in [-0.2, -0.15) is 0 Å². The van der Waals surface area contributed by atoms with Crippen molar-refractivity contribution in [1.82, 2.24) is 5.32 Å². The monoisotopic (exact) mass is 542 g/mol. The number of nitrogens with zero attached hydrogens (tertiary/aromatic N) is 1. The minimum atomic E-state index is -0.573.